The summed E-state index contributed by atoms with van der Waals surface area (Å²) in [5, 5.41) is 6.42. The predicted molar refractivity (Wildman–Crippen MR) is 109 cm³/mol. The Balaban J connectivity index is 0.00000243. The van der Waals surface area contributed by atoms with Gasteiger partial charge in [-0.15, -0.1) is 24.2 Å². The first-order chi connectivity index (χ1) is 12.3. The number of amides is 1. The van der Waals surface area contributed by atoms with Gasteiger partial charge in [-0.3, -0.25) is 4.79 Å². The van der Waals surface area contributed by atoms with Gasteiger partial charge in [0.1, 0.15) is 6.26 Å². The first-order valence-corrected chi connectivity index (χ1v) is 10.0. The minimum Gasteiger partial charge on any atom is -0.444 e. The third-order valence-corrected chi connectivity index (χ3v) is 5.30. The summed E-state index contributed by atoms with van der Waals surface area (Å²) in [5.74, 6) is 2.56. The van der Waals surface area contributed by atoms with Gasteiger partial charge in [0.25, 0.3) is 0 Å². The minimum absolute atomic E-state index is 0. The van der Waals surface area contributed by atoms with Gasteiger partial charge >= 0.3 is 0 Å². The van der Waals surface area contributed by atoms with Crippen molar-refractivity contribution in [3.8, 4) is 11.5 Å². The second-order valence-corrected chi connectivity index (χ2v) is 7.34. The lowest BCUT2D eigenvalue weighted by molar-refractivity contribution is -0.118. The molecule has 1 atom stereocenters. The zero-order chi connectivity index (χ0) is 17.3. The number of hydrogen-bond acceptors (Lipinski definition) is 5. The Hall–Kier alpha value is -1.50. The number of aromatic nitrogens is 1. The Morgan fingerprint density at radius 3 is 2.96 bits per heavy atom. The quantitative estimate of drug-likeness (QED) is 0.716. The molecule has 26 heavy (non-hydrogen) atoms. The predicted octanol–water partition coefficient (Wildman–Crippen LogP) is 3.50. The number of oxazole rings is 1. The zero-order valence-corrected chi connectivity index (χ0v) is 16.4. The number of nitrogens with one attached hydrogen (secondary N) is 2. The van der Waals surface area contributed by atoms with Gasteiger partial charge in [0.2, 0.25) is 11.8 Å². The zero-order valence-electron chi connectivity index (χ0n) is 14.8. The molecule has 1 fully saturated rings. The highest BCUT2D eigenvalue weighted by atomic mass is 35.5. The molecule has 2 N–H and O–H groups in total. The fourth-order valence-corrected chi connectivity index (χ4v) is 3.70. The molecule has 0 bridgehead atoms. The van der Waals surface area contributed by atoms with Gasteiger partial charge in [0.05, 0.1) is 11.4 Å². The maximum atomic E-state index is 11.9. The molecule has 0 aliphatic carbocycles. The molecule has 3 rings (SSSR count). The lowest BCUT2D eigenvalue weighted by atomic mass is 9.96. The second-order valence-electron chi connectivity index (χ2n) is 6.35. The summed E-state index contributed by atoms with van der Waals surface area (Å²) in [6, 6.07) is 9.83. The number of halogens is 1. The number of rotatable bonds is 8. The Labute approximate surface area is 165 Å². The number of carbonyl (C=O) groups excluding carboxylic acids is 1. The van der Waals surface area contributed by atoms with Crippen LogP contribution in [0, 0.1) is 5.92 Å². The Morgan fingerprint density at radius 1 is 1.35 bits per heavy atom. The first-order valence-electron chi connectivity index (χ1n) is 8.86. The SMILES string of the molecule is Cl.O=C(CSCc1coc(-c2ccccc2)n1)NCCC1CCCNC1. The highest BCUT2D eigenvalue weighted by Gasteiger charge is 2.13. The Bertz CT molecular complexity index is 660. The normalized spacial score (nSPS) is 16.7. The smallest absolute Gasteiger partial charge is 0.230 e. The summed E-state index contributed by atoms with van der Waals surface area (Å²) in [5.41, 5.74) is 1.83. The summed E-state index contributed by atoms with van der Waals surface area (Å²) in [7, 11) is 0. The van der Waals surface area contributed by atoms with Crippen LogP contribution >= 0.6 is 24.2 Å². The van der Waals surface area contributed by atoms with Gasteiger partial charge in [-0.25, -0.2) is 4.98 Å². The molecule has 1 aromatic carbocycles. The van der Waals surface area contributed by atoms with Crippen LogP contribution in [0.15, 0.2) is 41.0 Å². The van der Waals surface area contributed by atoms with E-state index in [0.29, 0.717) is 23.3 Å². The van der Waals surface area contributed by atoms with Crippen LogP contribution in [-0.4, -0.2) is 36.3 Å². The van der Waals surface area contributed by atoms with Crippen molar-refractivity contribution >= 4 is 30.1 Å². The van der Waals surface area contributed by atoms with Crippen LogP contribution in [0.1, 0.15) is 25.0 Å². The van der Waals surface area contributed by atoms with E-state index in [1.165, 1.54) is 12.8 Å². The first kappa shape index (κ1) is 20.8. The maximum absolute atomic E-state index is 11.9. The van der Waals surface area contributed by atoms with Gasteiger partial charge in [0.15, 0.2) is 0 Å². The Kier molecular flexibility index (Phi) is 9.01. The fraction of sp³-hybridized carbons (Fsp3) is 0.474. The number of piperidine rings is 1. The number of hydrogen-bond donors (Lipinski definition) is 2. The fourth-order valence-electron chi connectivity index (χ4n) is 2.97. The van der Waals surface area contributed by atoms with E-state index in [9.17, 15) is 4.79 Å². The standard InChI is InChI=1S/C19H25N3O2S.ClH/c23-18(21-10-8-15-5-4-9-20-11-15)14-25-13-17-12-24-19(22-17)16-6-2-1-3-7-16;/h1-3,6-7,12,15,20H,4-5,8-11,13-14H2,(H,21,23);1H. The molecule has 1 amide bonds. The topological polar surface area (TPSA) is 67.2 Å². The van der Waals surface area contributed by atoms with Crippen LogP contribution in [0.25, 0.3) is 11.5 Å². The van der Waals surface area contributed by atoms with E-state index >= 15 is 0 Å². The highest BCUT2D eigenvalue weighted by Crippen LogP contribution is 2.20. The molecule has 0 saturated carbocycles. The number of carbonyl (C=O) groups is 1. The van der Waals surface area contributed by atoms with Gasteiger partial charge in [-0.2, -0.15) is 0 Å². The largest absolute Gasteiger partial charge is 0.444 e. The average Bonchev–Trinajstić information content (AvgIpc) is 3.12. The lowest BCUT2D eigenvalue weighted by Gasteiger charge is -2.22. The molecule has 0 radical (unpaired) electrons. The van der Waals surface area contributed by atoms with Gasteiger partial charge in [-0.05, 0) is 50.4 Å². The van der Waals surface area contributed by atoms with Gasteiger partial charge in [-0.1, -0.05) is 18.2 Å². The summed E-state index contributed by atoms with van der Waals surface area (Å²) < 4.78 is 5.51. The van der Waals surface area contributed by atoms with E-state index < -0.39 is 0 Å². The monoisotopic (exact) mass is 395 g/mol. The molecule has 5 nitrogen and oxygen atoms in total. The number of benzene rings is 1. The molecule has 142 valence electrons. The van der Waals surface area contributed by atoms with Crippen LogP contribution in [0.2, 0.25) is 0 Å². The van der Waals surface area contributed by atoms with Crippen molar-refractivity contribution in [3.63, 3.8) is 0 Å². The molecule has 1 aliphatic heterocycles. The molecule has 0 spiro atoms. The number of nitrogens with zero attached hydrogens (tertiary/aromatic N) is 1. The van der Waals surface area contributed by atoms with Crippen LogP contribution in [0.3, 0.4) is 0 Å². The van der Waals surface area contributed by atoms with Crippen molar-refractivity contribution in [3.05, 3.63) is 42.3 Å². The summed E-state index contributed by atoms with van der Waals surface area (Å²) in [6.07, 6.45) is 5.25. The van der Waals surface area contributed by atoms with Crippen LogP contribution in [0.5, 0.6) is 0 Å². The summed E-state index contributed by atoms with van der Waals surface area (Å²) >= 11 is 1.56. The van der Waals surface area contributed by atoms with Crippen LogP contribution < -0.4 is 10.6 Å². The molecular formula is C19H26ClN3O2S. The van der Waals surface area contributed by atoms with E-state index in [4.69, 9.17) is 4.42 Å². The minimum atomic E-state index is 0. The van der Waals surface area contributed by atoms with E-state index in [-0.39, 0.29) is 18.3 Å². The molecule has 1 aliphatic rings. The molecule has 1 unspecified atom stereocenters. The second kappa shape index (κ2) is 11.3. The average molecular weight is 396 g/mol. The molecule has 1 saturated heterocycles. The van der Waals surface area contributed by atoms with Crippen molar-refractivity contribution in [1.29, 1.82) is 0 Å². The maximum Gasteiger partial charge on any atom is 0.230 e. The van der Waals surface area contributed by atoms with E-state index in [1.807, 2.05) is 30.3 Å². The van der Waals surface area contributed by atoms with E-state index in [0.717, 1.165) is 37.3 Å². The molecule has 7 heteroatoms. The van der Waals surface area contributed by atoms with Crippen molar-refractivity contribution in [2.45, 2.75) is 25.0 Å². The Morgan fingerprint density at radius 2 is 2.19 bits per heavy atom. The van der Waals surface area contributed by atoms with Gasteiger partial charge < -0.3 is 15.1 Å². The third kappa shape index (κ3) is 6.67. The highest BCUT2D eigenvalue weighted by molar-refractivity contribution is 7.99. The van der Waals surface area contributed by atoms with Gasteiger partial charge in [0, 0.05) is 17.9 Å². The van der Waals surface area contributed by atoms with Crippen LogP contribution in [0.4, 0.5) is 0 Å². The molecule has 2 heterocycles. The number of thioether (sulfide) groups is 1. The van der Waals surface area contributed by atoms with Crippen molar-refractivity contribution in [1.82, 2.24) is 15.6 Å². The van der Waals surface area contributed by atoms with Crippen molar-refractivity contribution < 1.29 is 9.21 Å². The summed E-state index contributed by atoms with van der Waals surface area (Å²) in [4.78, 5) is 16.4. The van der Waals surface area contributed by atoms with E-state index in [1.54, 1.807) is 18.0 Å². The third-order valence-electron chi connectivity index (χ3n) is 4.33. The van der Waals surface area contributed by atoms with Crippen molar-refractivity contribution in [2.24, 2.45) is 5.92 Å². The lowest BCUT2D eigenvalue weighted by Crippen LogP contribution is -2.33. The molecule has 2 aromatic rings. The molecule has 1 aromatic heterocycles. The van der Waals surface area contributed by atoms with Crippen molar-refractivity contribution in [2.75, 3.05) is 25.4 Å². The summed E-state index contributed by atoms with van der Waals surface area (Å²) in [6.45, 7) is 2.99. The van der Waals surface area contributed by atoms with E-state index in [2.05, 4.69) is 15.6 Å². The van der Waals surface area contributed by atoms with Crippen LogP contribution in [-0.2, 0) is 10.5 Å². The molecular weight excluding hydrogens is 370 g/mol.